The Balaban J connectivity index is 1.95. The Kier molecular flexibility index (Phi) is 4.40. The lowest BCUT2D eigenvalue weighted by Crippen LogP contribution is -2.40. The maximum Gasteiger partial charge on any atom is 0.241 e. The molecular weight excluding hydrogens is 216 g/mol. The third-order valence-electron chi connectivity index (χ3n) is 3.79. The summed E-state index contributed by atoms with van der Waals surface area (Å²) < 4.78 is 5.39. The highest BCUT2D eigenvalue weighted by molar-refractivity contribution is 5.84. The van der Waals surface area contributed by atoms with Crippen LogP contribution in [0.1, 0.15) is 39.5 Å². The molecule has 1 N–H and O–H groups in total. The van der Waals surface area contributed by atoms with E-state index in [2.05, 4.69) is 19.2 Å². The van der Waals surface area contributed by atoms with Crippen LogP contribution in [0.5, 0.6) is 0 Å². The van der Waals surface area contributed by atoms with Crippen molar-refractivity contribution in [2.45, 2.75) is 51.7 Å². The fourth-order valence-corrected chi connectivity index (χ4v) is 2.80. The van der Waals surface area contributed by atoms with Crippen molar-refractivity contribution in [2.24, 2.45) is 5.92 Å². The molecule has 0 bridgehead atoms. The van der Waals surface area contributed by atoms with Gasteiger partial charge in [0.2, 0.25) is 5.91 Å². The van der Waals surface area contributed by atoms with Crippen LogP contribution in [0.25, 0.3) is 0 Å². The first kappa shape index (κ1) is 12.8. The van der Waals surface area contributed by atoms with Gasteiger partial charge in [0.1, 0.15) is 0 Å². The molecule has 0 saturated carbocycles. The molecule has 3 atom stereocenters. The zero-order valence-corrected chi connectivity index (χ0v) is 10.9. The summed E-state index contributed by atoms with van der Waals surface area (Å²) in [5, 5.41) is 3.45. The number of hydrogen-bond donors (Lipinski definition) is 1. The average Bonchev–Trinajstić information content (AvgIpc) is 2.92. The lowest BCUT2D eigenvalue weighted by atomic mass is 10.1. The maximum absolute atomic E-state index is 12.3. The number of carbonyl (C=O) groups is 1. The number of rotatable bonds is 5. The molecule has 2 rings (SSSR count). The summed E-state index contributed by atoms with van der Waals surface area (Å²) in [6, 6.07) is 0.0484. The lowest BCUT2D eigenvalue weighted by molar-refractivity contribution is -0.130. The lowest BCUT2D eigenvalue weighted by Gasteiger charge is -2.25. The van der Waals surface area contributed by atoms with Crippen LogP contribution in [0.2, 0.25) is 0 Å². The molecule has 2 heterocycles. The third-order valence-corrected chi connectivity index (χ3v) is 3.79. The number of ether oxygens (including phenoxy) is 1. The van der Waals surface area contributed by atoms with E-state index in [0.717, 1.165) is 45.4 Å². The van der Waals surface area contributed by atoms with Crippen molar-refractivity contribution in [2.75, 3.05) is 19.8 Å². The first-order valence-electron chi connectivity index (χ1n) is 6.90. The largest absolute Gasteiger partial charge is 0.381 e. The molecule has 0 aromatic rings. The standard InChI is InChI=1S/C13H24N2O2/c1-3-5-11-13(16)15(12(4-2)14-11)8-10-6-7-17-9-10/h10-12,14H,3-9H2,1-2H3. The van der Waals surface area contributed by atoms with Gasteiger partial charge >= 0.3 is 0 Å². The molecule has 17 heavy (non-hydrogen) atoms. The Morgan fingerprint density at radius 3 is 2.88 bits per heavy atom. The summed E-state index contributed by atoms with van der Waals surface area (Å²) in [5.41, 5.74) is 0. The molecule has 0 aliphatic carbocycles. The van der Waals surface area contributed by atoms with Crippen LogP contribution in [0.4, 0.5) is 0 Å². The Labute approximate surface area is 104 Å². The Morgan fingerprint density at radius 2 is 2.29 bits per heavy atom. The summed E-state index contributed by atoms with van der Waals surface area (Å²) in [5.74, 6) is 0.834. The molecule has 0 aromatic heterocycles. The van der Waals surface area contributed by atoms with Gasteiger partial charge in [-0.05, 0) is 19.3 Å². The molecule has 3 unspecified atom stereocenters. The molecule has 1 amide bonds. The van der Waals surface area contributed by atoms with Crippen LogP contribution in [0.3, 0.4) is 0 Å². The van der Waals surface area contributed by atoms with Gasteiger partial charge in [-0.3, -0.25) is 10.1 Å². The quantitative estimate of drug-likeness (QED) is 0.789. The highest BCUT2D eigenvalue weighted by Crippen LogP contribution is 2.21. The van der Waals surface area contributed by atoms with Crippen molar-refractivity contribution < 1.29 is 9.53 Å². The van der Waals surface area contributed by atoms with Gasteiger partial charge in [-0.25, -0.2) is 0 Å². The van der Waals surface area contributed by atoms with E-state index in [1.165, 1.54) is 0 Å². The van der Waals surface area contributed by atoms with Gasteiger partial charge in [-0.1, -0.05) is 20.3 Å². The first-order chi connectivity index (χ1) is 8.26. The summed E-state index contributed by atoms with van der Waals surface area (Å²) in [4.78, 5) is 14.3. The highest BCUT2D eigenvalue weighted by Gasteiger charge is 2.38. The van der Waals surface area contributed by atoms with E-state index < -0.39 is 0 Å². The predicted molar refractivity (Wildman–Crippen MR) is 66.5 cm³/mol. The Morgan fingerprint density at radius 1 is 1.47 bits per heavy atom. The van der Waals surface area contributed by atoms with Gasteiger partial charge in [-0.2, -0.15) is 0 Å². The minimum atomic E-state index is 0.0484. The van der Waals surface area contributed by atoms with Crippen LogP contribution in [0.15, 0.2) is 0 Å². The summed E-state index contributed by atoms with van der Waals surface area (Å²) in [6.07, 6.45) is 4.32. The molecule has 2 aliphatic heterocycles. The molecular formula is C13H24N2O2. The fourth-order valence-electron chi connectivity index (χ4n) is 2.80. The van der Waals surface area contributed by atoms with Crippen molar-refractivity contribution in [3.05, 3.63) is 0 Å². The average molecular weight is 240 g/mol. The maximum atomic E-state index is 12.3. The van der Waals surface area contributed by atoms with Crippen molar-refractivity contribution >= 4 is 5.91 Å². The van der Waals surface area contributed by atoms with E-state index in [4.69, 9.17) is 4.74 Å². The SMILES string of the molecule is CCCC1NC(CC)N(CC2CCOC2)C1=O. The van der Waals surface area contributed by atoms with Crippen LogP contribution >= 0.6 is 0 Å². The van der Waals surface area contributed by atoms with Crippen LogP contribution in [-0.2, 0) is 9.53 Å². The topological polar surface area (TPSA) is 41.6 Å². The smallest absolute Gasteiger partial charge is 0.241 e. The molecule has 4 heteroatoms. The second kappa shape index (κ2) is 5.83. The number of carbonyl (C=O) groups excluding carboxylic acids is 1. The molecule has 2 saturated heterocycles. The van der Waals surface area contributed by atoms with E-state index in [0.29, 0.717) is 11.8 Å². The summed E-state index contributed by atoms with van der Waals surface area (Å²) >= 11 is 0. The van der Waals surface area contributed by atoms with Gasteiger partial charge < -0.3 is 9.64 Å². The number of amides is 1. The van der Waals surface area contributed by atoms with E-state index in [-0.39, 0.29) is 12.2 Å². The summed E-state index contributed by atoms with van der Waals surface area (Å²) in [7, 11) is 0. The molecule has 4 nitrogen and oxygen atoms in total. The molecule has 2 fully saturated rings. The summed E-state index contributed by atoms with van der Waals surface area (Å²) in [6.45, 7) is 6.80. The van der Waals surface area contributed by atoms with Crippen LogP contribution in [0, 0.1) is 5.92 Å². The van der Waals surface area contributed by atoms with Gasteiger partial charge in [0.15, 0.2) is 0 Å². The second-order valence-corrected chi connectivity index (χ2v) is 5.15. The Hall–Kier alpha value is -0.610. The zero-order valence-electron chi connectivity index (χ0n) is 10.9. The molecule has 98 valence electrons. The Bertz CT molecular complexity index is 264. The highest BCUT2D eigenvalue weighted by atomic mass is 16.5. The third kappa shape index (κ3) is 2.80. The number of nitrogens with one attached hydrogen (secondary N) is 1. The normalized spacial score (nSPS) is 33.6. The first-order valence-corrected chi connectivity index (χ1v) is 6.90. The fraction of sp³-hybridized carbons (Fsp3) is 0.923. The second-order valence-electron chi connectivity index (χ2n) is 5.15. The van der Waals surface area contributed by atoms with Crippen molar-refractivity contribution in [3.8, 4) is 0 Å². The van der Waals surface area contributed by atoms with Gasteiger partial charge in [0.05, 0.1) is 18.8 Å². The van der Waals surface area contributed by atoms with Gasteiger partial charge in [0, 0.05) is 19.1 Å². The molecule has 0 radical (unpaired) electrons. The predicted octanol–water partition coefficient (Wildman–Crippen LogP) is 1.36. The number of nitrogens with zero attached hydrogens (tertiary/aromatic N) is 1. The zero-order chi connectivity index (χ0) is 12.3. The van der Waals surface area contributed by atoms with Crippen molar-refractivity contribution in [3.63, 3.8) is 0 Å². The van der Waals surface area contributed by atoms with E-state index >= 15 is 0 Å². The van der Waals surface area contributed by atoms with Crippen LogP contribution < -0.4 is 5.32 Å². The van der Waals surface area contributed by atoms with E-state index in [1.807, 2.05) is 4.90 Å². The van der Waals surface area contributed by atoms with Crippen molar-refractivity contribution in [1.29, 1.82) is 0 Å². The van der Waals surface area contributed by atoms with E-state index in [9.17, 15) is 4.79 Å². The number of hydrogen-bond acceptors (Lipinski definition) is 3. The van der Waals surface area contributed by atoms with Gasteiger partial charge in [-0.15, -0.1) is 0 Å². The minimum absolute atomic E-state index is 0.0484. The minimum Gasteiger partial charge on any atom is -0.381 e. The van der Waals surface area contributed by atoms with E-state index in [1.54, 1.807) is 0 Å². The molecule has 0 aromatic carbocycles. The monoisotopic (exact) mass is 240 g/mol. The van der Waals surface area contributed by atoms with Crippen molar-refractivity contribution in [1.82, 2.24) is 10.2 Å². The van der Waals surface area contributed by atoms with Gasteiger partial charge in [0.25, 0.3) is 0 Å². The molecule has 2 aliphatic rings. The molecule has 0 spiro atoms. The van der Waals surface area contributed by atoms with Crippen LogP contribution in [-0.4, -0.2) is 42.8 Å².